The van der Waals surface area contributed by atoms with Crippen LogP contribution in [0.2, 0.25) is 0 Å². The first-order chi connectivity index (χ1) is 15.5. The second-order valence-corrected chi connectivity index (χ2v) is 8.96. The van der Waals surface area contributed by atoms with E-state index in [2.05, 4.69) is 4.99 Å². The Labute approximate surface area is 192 Å². The fraction of sp³-hybridized carbons (Fsp3) is 0.261. The van der Waals surface area contributed by atoms with Gasteiger partial charge in [-0.2, -0.15) is 0 Å². The number of fused-ring (bicyclic) bond motifs is 1. The number of allylic oxidation sites excluding steroid dienone is 1. The van der Waals surface area contributed by atoms with Gasteiger partial charge < -0.3 is 14.2 Å². The van der Waals surface area contributed by atoms with Gasteiger partial charge in [-0.15, -0.1) is 11.3 Å². The van der Waals surface area contributed by atoms with Gasteiger partial charge in [-0.1, -0.05) is 35.6 Å². The van der Waals surface area contributed by atoms with Crippen molar-refractivity contribution in [2.75, 3.05) is 27.4 Å². The molecule has 0 fully saturated rings. The molecule has 0 unspecified atom stereocenters. The van der Waals surface area contributed by atoms with Gasteiger partial charge in [0, 0.05) is 17.6 Å². The fourth-order valence-corrected chi connectivity index (χ4v) is 5.38. The van der Waals surface area contributed by atoms with Crippen molar-refractivity contribution >= 4 is 34.7 Å². The zero-order valence-corrected chi connectivity index (χ0v) is 19.5. The van der Waals surface area contributed by atoms with E-state index >= 15 is 0 Å². The molecule has 0 amide bonds. The number of para-hydroxylation sites is 1. The zero-order chi connectivity index (χ0) is 22.7. The normalized spacial score (nSPS) is 16.0. The van der Waals surface area contributed by atoms with Crippen molar-refractivity contribution < 1.29 is 19.0 Å². The smallest absolute Gasteiger partial charge is 0.338 e. The summed E-state index contributed by atoms with van der Waals surface area (Å²) < 4.78 is 17.9. The number of thiazole rings is 1. The minimum Gasteiger partial charge on any atom is -0.496 e. The number of benzene rings is 1. The maximum absolute atomic E-state index is 13.5. The molecule has 0 saturated heterocycles. The Morgan fingerprint density at radius 3 is 2.72 bits per heavy atom. The van der Waals surface area contributed by atoms with E-state index in [1.165, 1.54) is 22.7 Å². The molecule has 1 atom stereocenters. The molecule has 32 heavy (non-hydrogen) atoms. The molecule has 0 saturated carbocycles. The summed E-state index contributed by atoms with van der Waals surface area (Å²) in [6.45, 7) is 2.19. The van der Waals surface area contributed by atoms with Gasteiger partial charge >= 0.3 is 5.97 Å². The van der Waals surface area contributed by atoms with Gasteiger partial charge in [0.15, 0.2) is 4.80 Å². The molecular formula is C23H22N2O5S2. The highest BCUT2D eigenvalue weighted by Gasteiger charge is 2.34. The lowest BCUT2D eigenvalue weighted by molar-refractivity contribution is -0.140. The summed E-state index contributed by atoms with van der Waals surface area (Å²) in [6, 6.07) is 10.7. The van der Waals surface area contributed by atoms with Gasteiger partial charge in [0.25, 0.3) is 5.56 Å². The predicted molar refractivity (Wildman–Crippen MR) is 124 cm³/mol. The molecule has 0 aliphatic carbocycles. The number of nitrogens with zero attached hydrogens (tertiary/aromatic N) is 2. The third-order valence-corrected chi connectivity index (χ3v) is 6.91. The van der Waals surface area contributed by atoms with Gasteiger partial charge in [0.2, 0.25) is 0 Å². The van der Waals surface area contributed by atoms with Crippen molar-refractivity contribution in [3.8, 4) is 5.75 Å². The van der Waals surface area contributed by atoms with Crippen molar-refractivity contribution in [3.05, 3.63) is 83.2 Å². The highest BCUT2D eigenvalue weighted by Crippen LogP contribution is 2.33. The average molecular weight is 471 g/mol. The minimum atomic E-state index is -0.596. The second-order valence-electron chi connectivity index (χ2n) is 6.97. The molecule has 7 nitrogen and oxygen atoms in total. The lowest BCUT2D eigenvalue weighted by atomic mass is 10.0. The summed E-state index contributed by atoms with van der Waals surface area (Å²) in [5.41, 5.74) is 1.48. The van der Waals surface area contributed by atoms with Crippen LogP contribution in [0.1, 0.15) is 23.4 Å². The number of ether oxygens (including phenoxy) is 3. The Morgan fingerprint density at radius 2 is 2.00 bits per heavy atom. The molecule has 0 spiro atoms. The molecule has 1 aromatic carbocycles. The number of aromatic nitrogens is 1. The zero-order valence-electron chi connectivity index (χ0n) is 17.9. The molecule has 0 N–H and O–H groups in total. The molecule has 0 bridgehead atoms. The lowest BCUT2D eigenvalue weighted by Gasteiger charge is -2.23. The van der Waals surface area contributed by atoms with Crippen LogP contribution in [-0.2, 0) is 14.3 Å². The second kappa shape index (κ2) is 9.64. The van der Waals surface area contributed by atoms with Crippen LogP contribution in [0.3, 0.4) is 0 Å². The molecule has 9 heteroatoms. The van der Waals surface area contributed by atoms with Crippen molar-refractivity contribution in [1.29, 1.82) is 0 Å². The molecule has 3 aromatic rings. The lowest BCUT2D eigenvalue weighted by Crippen LogP contribution is -2.39. The first kappa shape index (κ1) is 22.2. The molecule has 1 aliphatic heterocycles. The van der Waals surface area contributed by atoms with Crippen LogP contribution >= 0.6 is 22.7 Å². The molecule has 3 heterocycles. The molecule has 0 radical (unpaired) electrons. The van der Waals surface area contributed by atoms with E-state index < -0.39 is 12.0 Å². The Hall–Kier alpha value is -3.01. The van der Waals surface area contributed by atoms with E-state index in [4.69, 9.17) is 14.2 Å². The van der Waals surface area contributed by atoms with Crippen LogP contribution in [0.15, 0.2) is 62.8 Å². The van der Waals surface area contributed by atoms with Crippen LogP contribution in [0.25, 0.3) is 6.08 Å². The van der Waals surface area contributed by atoms with Gasteiger partial charge in [0.1, 0.15) is 18.4 Å². The van der Waals surface area contributed by atoms with E-state index in [1.807, 2.05) is 41.8 Å². The van der Waals surface area contributed by atoms with Crippen molar-refractivity contribution in [1.82, 2.24) is 4.57 Å². The van der Waals surface area contributed by atoms with E-state index in [1.54, 1.807) is 31.8 Å². The van der Waals surface area contributed by atoms with Crippen LogP contribution < -0.4 is 19.6 Å². The number of carbonyl (C=O) groups is 1. The summed E-state index contributed by atoms with van der Waals surface area (Å²) in [4.78, 5) is 32.5. The number of hydrogen-bond acceptors (Lipinski definition) is 8. The number of hydrogen-bond donors (Lipinski definition) is 0. The summed E-state index contributed by atoms with van der Waals surface area (Å²) in [5.74, 6) is 0.174. The molecule has 4 rings (SSSR count). The van der Waals surface area contributed by atoms with Crippen LogP contribution in [0.4, 0.5) is 0 Å². The first-order valence-corrected chi connectivity index (χ1v) is 11.6. The van der Waals surface area contributed by atoms with E-state index in [0.29, 0.717) is 33.0 Å². The summed E-state index contributed by atoms with van der Waals surface area (Å²) in [7, 11) is 3.13. The van der Waals surface area contributed by atoms with Crippen molar-refractivity contribution in [3.63, 3.8) is 0 Å². The standard InChI is InChI=1S/C23H22N2O5S2/c1-14-19(22(27)30-11-10-28-2)20(17-9-6-12-31-17)25-21(26)18(32-23(25)24-14)13-15-7-4-5-8-16(15)29-3/h4-9,12-13,20H,10-11H2,1-3H3/b18-13+/t20-/m1/s1. The summed E-state index contributed by atoms with van der Waals surface area (Å²) >= 11 is 2.77. The highest BCUT2D eigenvalue weighted by molar-refractivity contribution is 7.10. The monoisotopic (exact) mass is 470 g/mol. The summed E-state index contributed by atoms with van der Waals surface area (Å²) in [5, 5.41) is 1.92. The first-order valence-electron chi connectivity index (χ1n) is 9.90. The van der Waals surface area contributed by atoms with Crippen molar-refractivity contribution in [2.45, 2.75) is 13.0 Å². The summed E-state index contributed by atoms with van der Waals surface area (Å²) in [6.07, 6.45) is 1.80. The third-order valence-electron chi connectivity index (χ3n) is 5.00. The quantitative estimate of drug-likeness (QED) is 0.392. The average Bonchev–Trinajstić information content (AvgIpc) is 3.42. The van der Waals surface area contributed by atoms with E-state index in [0.717, 1.165) is 10.4 Å². The Morgan fingerprint density at radius 1 is 1.19 bits per heavy atom. The van der Waals surface area contributed by atoms with E-state index in [-0.39, 0.29) is 12.2 Å². The maximum Gasteiger partial charge on any atom is 0.338 e. The largest absolute Gasteiger partial charge is 0.496 e. The van der Waals surface area contributed by atoms with Gasteiger partial charge in [-0.25, -0.2) is 9.79 Å². The molecule has 1 aliphatic rings. The minimum absolute atomic E-state index is 0.126. The fourth-order valence-electron chi connectivity index (χ4n) is 3.52. The van der Waals surface area contributed by atoms with E-state index in [9.17, 15) is 9.59 Å². The number of carbonyl (C=O) groups excluding carboxylic acids is 1. The SMILES string of the molecule is COCCOC(=O)C1=C(C)N=c2s/c(=C/c3ccccc3OC)c(=O)n2[C@@H]1c1cccs1. The number of esters is 1. The highest BCUT2D eigenvalue weighted by atomic mass is 32.1. The Bertz CT molecular complexity index is 1340. The predicted octanol–water partition coefficient (Wildman–Crippen LogP) is 2.49. The number of thiophene rings is 1. The maximum atomic E-state index is 13.5. The van der Waals surface area contributed by atoms with Crippen molar-refractivity contribution in [2.24, 2.45) is 4.99 Å². The Balaban J connectivity index is 1.87. The number of methoxy groups -OCH3 is 2. The van der Waals surface area contributed by atoms with Gasteiger partial charge in [-0.05, 0) is 30.5 Å². The van der Waals surface area contributed by atoms with Crippen LogP contribution in [0.5, 0.6) is 5.75 Å². The molecular weight excluding hydrogens is 448 g/mol. The Kier molecular flexibility index (Phi) is 6.69. The molecule has 2 aromatic heterocycles. The van der Waals surface area contributed by atoms with Crippen LogP contribution in [-0.4, -0.2) is 38.0 Å². The van der Waals surface area contributed by atoms with Crippen LogP contribution in [0, 0.1) is 0 Å². The molecule has 166 valence electrons. The topological polar surface area (TPSA) is 79.1 Å². The number of rotatable bonds is 7. The van der Waals surface area contributed by atoms with Gasteiger partial charge in [-0.3, -0.25) is 9.36 Å². The third kappa shape index (κ3) is 4.19. The van der Waals surface area contributed by atoms with Gasteiger partial charge in [0.05, 0.1) is 29.5 Å².